The molecule has 100 valence electrons. The lowest BCUT2D eigenvalue weighted by atomic mass is 10.1. The van der Waals surface area contributed by atoms with Gasteiger partial charge in [0.15, 0.2) is 11.5 Å². The van der Waals surface area contributed by atoms with Crippen LogP contribution in [0.3, 0.4) is 0 Å². The number of hydrogen-bond donors (Lipinski definition) is 1. The Balaban J connectivity index is 2.37. The van der Waals surface area contributed by atoms with E-state index in [-0.39, 0.29) is 5.75 Å². The predicted molar refractivity (Wildman–Crippen MR) is 80.7 cm³/mol. The minimum Gasteiger partial charge on any atom is -0.503 e. The van der Waals surface area contributed by atoms with Crippen LogP contribution in [0.1, 0.15) is 0 Å². The number of fused-ring (bicyclic) bond motifs is 1. The lowest BCUT2D eigenvalue weighted by molar-refractivity contribution is 0.412. The van der Waals surface area contributed by atoms with E-state index in [0.29, 0.717) is 27.2 Å². The second-order valence-corrected chi connectivity index (χ2v) is 4.71. The monoisotopic (exact) mass is 284 g/mol. The van der Waals surface area contributed by atoms with E-state index in [2.05, 4.69) is 0 Å². The summed E-state index contributed by atoms with van der Waals surface area (Å²) in [5.74, 6) is 0.908. The second-order valence-electron chi connectivity index (χ2n) is 4.31. The van der Waals surface area contributed by atoms with Gasteiger partial charge in [-0.25, -0.2) is 0 Å². The van der Waals surface area contributed by atoms with Gasteiger partial charge in [-0.2, -0.15) is 0 Å². The minimum atomic E-state index is -0.0387. The van der Waals surface area contributed by atoms with Gasteiger partial charge >= 0.3 is 0 Å². The highest BCUT2D eigenvalue weighted by molar-refractivity contribution is 7.71. The topological polar surface area (TPSA) is 42.6 Å². The fourth-order valence-corrected chi connectivity index (χ4v) is 2.41. The summed E-state index contributed by atoms with van der Waals surface area (Å²) in [4.78, 5) is 0. The molecule has 0 aliphatic heterocycles. The Bertz CT molecular complexity index is 836. The van der Waals surface area contributed by atoms with Crippen molar-refractivity contribution in [2.24, 2.45) is 0 Å². The molecule has 4 heteroatoms. The maximum Gasteiger partial charge on any atom is 0.181 e. The summed E-state index contributed by atoms with van der Waals surface area (Å²) in [5.41, 5.74) is 1.31. The van der Waals surface area contributed by atoms with Crippen molar-refractivity contribution in [3.63, 3.8) is 0 Å². The summed E-state index contributed by atoms with van der Waals surface area (Å²) in [6, 6.07) is 14.7. The summed E-state index contributed by atoms with van der Waals surface area (Å²) in [6.45, 7) is 0. The Morgan fingerprint density at radius 1 is 1.05 bits per heavy atom. The third-order valence-corrected chi connectivity index (χ3v) is 3.54. The molecule has 0 aliphatic rings. The van der Waals surface area contributed by atoms with E-state index < -0.39 is 0 Å². The molecule has 0 saturated carbocycles. The zero-order chi connectivity index (χ0) is 14.1. The number of para-hydroxylation sites is 2. The number of methoxy groups -OCH3 is 1. The molecule has 20 heavy (non-hydrogen) atoms. The van der Waals surface area contributed by atoms with Crippen LogP contribution in [-0.2, 0) is 0 Å². The first-order chi connectivity index (χ1) is 9.72. The lowest BCUT2D eigenvalue weighted by Crippen LogP contribution is -1.89. The van der Waals surface area contributed by atoms with Crippen LogP contribution < -0.4 is 4.74 Å². The third-order valence-electron chi connectivity index (χ3n) is 3.13. The molecule has 0 unspecified atom stereocenters. The number of ether oxygens (including phenoxy) is 1. The van der Waals surface area contributed by atoms with Crippen molar-refractivity contribution < 1.29 is 14.3 Å². The van der Waals surface area contributed by atoms with Crippen LogP contribution in [0.15, 0.2) is 52.9 Å². The summed E-state index contributed by atoms with van der Waals surface area (Å²) < 4.78 is 11.5. The Labute approximate surface area is 121 Å². The van der Waals surface area contributed by atoms with E-state index in [9.17, 15) is 5.11 Å². The van der Waals surface area contributed by atoms with Crippen molar-refractivity contribution in [1.82, 2.24) is 0 Å². The maximum atomic E-state index is 10.3. The van der Waals surface area contributed by atoms with Gasteiger partial charge in [0, 0.05) is 5.39 Å². The maximum absolute atomic E-state index is 10.3. The molecule has 0 fully saturated rings. The molecule has 3 rings (SSSR count). The number of benzene rings is 2. The van der Waals surface area contributed by atoms with Crippen molar-refractivity contribution in [3.05, 3.63) is 53.0 Å². The van der Waals surface area contributed by atoms with Gasteiger partial charge in [-0.1, -0.05) is 36.5 Å². The summed E-state index contributed by atoms with van der Waals surface area (Å²) >= 11 is 5.31. The molecular weight excluding hydrogens is 272 g/mol. The molecule has 0 spiro atoms. The quantitative estimate of drug-likeness (QED) is 0.701. The molecule has 0 aliphatic carbocycles. The van der Waals surface area contributed by atoms with Crippen LogP contribution in [0.2, 0.25) is 0 Å². The van der Waals surface area contributed by atoms with Crippen LogP contribution in [0.5, 0.6) is 11.5 Å². The van der Waals surface area contributed by atoms with Gasteiger partial charge in [-0.3, -0.25) is 0 Å². The first kappa shape index (κ1) is 12.7. The molecule has 3 nitrogen and oxygen atoms in total. The minimum absolute atomic E-state index is 0.0387. The molecule has 0 amide bonds. The molecule has 0 radical (unpaired) electrons. The number of rotatable bonds is 2. The number of aromatic hydroxyl groups is 1. The van der Waals surface area contributed by atoms with Gasteiger partial charge in [0.05, 0.1) is 17.2 Å². The number of hydrogen-bond acceptors (Lipinski definition) is 4. The van der Waals surface area contributed by atoms with E-state index in [1.165, 1.54) is 0 Å². The summed E-state index contributed by atoms with van der Waals surface area (Å²) in [5, 5.41) is 11.0. The van der Waals surface area contributed by atoms with Gasteiger partial charge < -0.3 is 14.3 Å². The normalized spacial score (nSPS) is 10.7. The van der Waals surface area contributed by atoms with Gasteiger partial charge in [-0.15, -0.1) is 0 Å². The van der Waals surface area contributed by atoms with E-state index in [4.69, 9.17) is 21.4 Å². The molecule has 0 bridgehead atoms. The average molecular weight is 284 g/mol. The Morgan fingerprint density at radius 2 is 1.75 bits per heavy atom. The van der Waals surface area contributed by atoms with Gasteiger partial charge in [0.1, 0.15) is 11.3 Å². The highest BCUT2D eigenvalue weighted by atomic mass is 32.1. The van der Waals surface area contributed by atoms with E-state index in [0.717, 1.165) is 5.39 Å². The van der Waals surface area contributed by atoms with Gasteiger partial charge in [0.2, 0.25) is 0 Å². The van der Waals surface area contributed by atoms with Crippen LogP contribution in [-0.4, -0.2) is 12.2 Å². The molecule has 1 aromatic heterocycles. The predicted octanol–water partition coefficient (Wildman–Crippen LogP) is 4.54. The highest BCUT2D eigenvalue weighted by Gasteiger charge is 2.15. The van der Waals surface area contributed by atoms with Crippen LogP contribution >= 0.6 is 12.2 Å². The SMILES string of the molecule is COc1ccccc1-c1oc2ccccc2c(=S)c1O. The van der Waals surface area contributed by atoms with E-state index in [1.807, 2.05) is 48.5 Å². The Morgan fingerprint density at radius 3 is 2.55 bits per heavy atom. The Hall–Kier alpha value is -2.33. The second kappa shape index (κ2) is 4.98. The molecule has 3 aromatic rings. The fraction of sp³-hybridized carbons (Fsp3) is 0.0625. The highest BCUT2D eigenvalue weighted by Crippen LogP contribution is 2.39. The van der Waals surface area contributed by atoms with Crippen molar-refractivity contribution >= 4 is 23.2 Å². The molecule has 1 heterocycles. The first-order valence-electron chi connectivity index (χ1n) is 6.10. The first-order valence-corrected chi connectivity index (χ1v) is 6.51. The molecule has 2 aromatic carbocycles. The zero-order valence-corrected chi connectivity index (χ0v) is 11.6. The largest absolute Gasteiger partial charge is 0.503 e. The van der Waals surface area contributed by atoms with Crippen molar-refractivity contribution in [2.75, 3.05) is 7.11 Å². The third kappa shape index (κ3) is 1.94. The Kier molecular flexibility index (Phi) is 3.16. The van der Waals surface area contributed by atoms with Gasteiger partial charge in [0.25, 0.3) is 0 Å². The zero-order valence-electron chi connectivity index (χ0n) is 10.8. The van der Waals surface area contributed by atoms with Crippen molar-refractivity contribution in [2.45, 2.75) is 0 Å². The van der Waals surface area contributed by atoms with Crippen molar-refractivity contribution in [1.29, 1.82) is 0 Å². The standard InChI is InChI=1S/C16H12O3S/c1-18-12-8-4-2-6-10(12)15-14(17)16(20)11-7-3-5-9-13(11)19-15/h2-9,17H,1H3. The van der Waals surface area contributed by atoms with Gasteiger partial charge in [-0.05, 0) is 24.3 Å². The van der Waals surface area contributed by atoms with E-state index in [1.54, 1.807) is 7.11 Å². The summed E-state index contributed by atoms with van der Waals surface area (Å²) in [6.07, 6.45) is 0. The van der Waals surface area contributed by atoms with Crippen LogP contribution in [0.4, 0.5) is 0 Å². The average Bonchev–Trinajstić information content (AvgIpc) is 2.51. The van der Waals surface area contributed by atoms with E-state index >= 15 is 0 Å². The molecule has 0 saturated heterocycles. The summed E-state index contributed by atoms with van der Waals surface area (Å²) in [7, 11) is 1.57. The van der Waals surface area contributed by atoms with Crippen molar-refractivity contribution in [3.8, 4) is 22.8 Å². The van der Waals surface area contributed by atoms with Crippen LogP contribution in [0, 0.1) is 4.51 Å². The molecule has 0 atom stereocenters. The van der Waals surface area contributed by atoms with Crippen LogP contribution in [0.25, 0.3) is 22.3 Å². The lowest BCUT2D eigenvalue weighted by Gasteiger charge is -2.10. The molecule has 1 N–H and O–H groups in total. The molecular formula is C16H12O3S. The fourth-order valence-electron chi connectivity index (χ4n) is 2.15. The smallest absolute Gasteiger partial charge is 0.181 e.